The van der Waals surface area contributed by atoms with Gasteiger partial charge in [-0.2, -0.15) is 0 Å². The van der Waals surface area contributed by atoms with Crippen LogP contribution in [0.2, 0.25) is 0 Å². The Morgan fingerprint density at radius 1 is 1.24 bits per heavy atom. The third kappa shape index (κ3) is 7.32. The second kappa shape index (κ2) is 8.55. The molecule has 0 bridgehead atoms. The fraction of sp³-hybridized carbons (Fsp3) is 0.727. The van der Waals surface area contributed by atoms with Crippen molar-refractivity contribution in [3.8, 4) is 0 Å². The number of ether oxygens (including phenoxy) is 2. The van der Waals surface area contributed by atoms with Crippen LogP contribution in [0.25, 0.3) is 0 Å². The van der Waals surface area contributed by atoms with Gasteiger partial charge in [0.05, 0.1) is 13.7 Å². The van der Waals surface area contributed by atoms with E-state index in [1.165, 1.54) is 7.11 Å². The average molecular weight is 245 g/mol. The van der Waals surface area contributed by atoms with Crippen LogP contribution < -0.4 is 5.32 Å². The predicted molar refractivity (Wildman–Crippen MR) is 60.1 cm³/mol. The molecule has 17 heavy (non-hydrogen) atoms. The van der Waals surface area contributed by atoms with Gasteiger partial charge in [-0.15, -0.1) is 0 Å². The Morgan fingerprint density at radius 2 is 1.88 bits per heavy atom. The van der Waals surface area contributed by atoms with Crippen molar-refractivity contribution in [2.75, 3.05) is 13.7 Å². The van der Waals surface area contributed by atoms with E-state index in [2.05, 4.69) is 10.1 Å². The van der Waals surface area contributed by atoms with Crippen LogP contribution in [0.5, 0.6) is 0 Å². The number of carbonyl (C=O) groups excluding carboxylic acids is 3. The molecule has 0 saturated carbocycles. The molecule has 0 aromatic rings. The topological polar surface area (TPSA) is 81.7 Å². The Balaban J connectivity index is 3.78. The van der Waals surface area contributed by atoms with Crippen molar-refractivity contribution in [2.24, 2.45) is 0 Å². The fourth-order valence-corrected chi connectivity index (χ4v) is 1.14. The number of methoxy groups -OCH3 is 1. The Labute approximate surface area is 101 Å². The lowest BCUT2D eigenvalue weighted by Gasteiger charge is -2.12. The summed E-state index contributed by atoms with van der Waals surface area (Å²) in [6.45, 7) is 3.53. The molecule has 1 amide bonds. The van der Waals surface area contributed by atoms with E-state index in [4.69, 9.17) is 4.74 Å². The van der Waals surface area contributed by atoms with E-state index in [-0.39, 0.29) is 31.3 Å². The molecule has 0 aliphatic rings. The first-order valence-electron chi connectivity index (χ1n) is 5.54. The molecule has 1 unspecified atom stereocenters. The molecule has 1 atom stereocenters. The minimum absolute atomic E-state index is 0.179. The average Bonchev–Trinajstić information content (AvgIpc) is 2.28. The molecule has 0 rings (SSSR count). The van der Waals surface area contributed by atoms with Crippen LogP contribution in [-0.4, -0.2) is 37.6 Å². The van der Waals surface area contributed by atoms with Gasteiger partial charge in [0.15, 0.2) is 0 Å². The van der Waals surface area contributed by atoms with Crippen molar-refractivity contribution in [2.45, 2.75) is 39.2 Å². The number of carbonyl (C=O) groups is 3. The second-order valence-electron chi connectivity index (χ2n) is 3.47. The molecule has 0 heterocycles. The SMILES string of the molecule is CCOC(=O)C(C)NC(=O)CCCC(=O)OC. The maximum atomic E-state index is 11.4. The lowest BCUT2D eigenvalue weighted by molar-refractivity contribution is -0.147. The zero-order valence-corrected chi connectivity index (χ0v) is 10.4. The van der Waals surface area contributed by atoms with Crippen LogP contribution in [0.4, 0.5) is 0 Å². The molecule has 98 valence electrons. The third-order valence-corrected chi connectivity index (χ3v) is 2.03. The first-order valence-corrected chi connectivity index (χ1v) is 5.54. The van der Waals surface area contributed by atoms with Crippen LogP contribution in [0.15, 0.2) is 0 Å². The first-order chi connectivity index (χ1) is 8.01. The lowest BCUT2D eigenvalue weighted by Crippen LogP contribution is -2.39. The van der Waals surface area contributed by atoms with Crippen molar-refractivity contribution in [3.05, 3.63) is 0 Å². The van der Waals surface area contributed by atoms with Gasteiger partial charge in [0.25, 0.3) is 0 Å². The van der Waals surface area contributed by atoms with Gasteiger partial charge in [-0.1, -0.05) is 0 Å². The molecule has 0 radical (unpaired) electrons. The largest absolute Gasteiger partial charge is 0.469 e. The molecule has 0 saturated heterocycles. The number of hydrogen-bond acceptors (Lipinski definition) is 5. The molecule has 0 aromatic heterocycles. The summed E-state index contributed by atoms with van der Waals surface area (Å²) in [4.78, 5) is 33.3. The van der Waals surface area contributed by atoms with Gasteiger partial charge in [0.1, 0.15) is 6.04 Å². The molecule has 1 N–H and O–H groups in total. The molecule has 6 heteroatoms. The van der Waals surface area contributed by atoms with E-state index in [1.807, 2.05) is 0 Å². The minimum Gasteiger partial charge on any atom is -0.469 e. The van der Waals surface area contributed by atoms with Gasteiger partial charge in [-0.25, -0.2) is 4.79 Å². The summed E-state index contributed by atoms with van der Waals surface area (Å²) in [5.41, 5.74) is 0. The summed E-state index contributed by atoms with van der Waals surface area (Å²) in [5.74, 6) is -1.10. The molecule has 6 nitrogen and oxygen atoms in total. The van der Waals surface area contributed by atoms with Gasteiger partial charge < -0.3 is 14.8 Å². The molecule has 0 spiro atoms. The number of esters is 2. The lowest BCUT2D eigenvalue weighted by atomic mass is 10.2. The minimum atomic E-state index is -0.666. The summed E-state index contributed by atoms with van der Waals surface area (Å²) in [6, 6.07) is -0.666. The Hall–Kier alpha value is -1.59. The summed E-state index contributed by atoms with van der Waals surface area (Å²) >= 11 is 0. The standard InChI is InChI=1S/C11H19NO5/c1-4-17-11(15)8(2)12-9(13)6-5-7-10(14)16-3/h8H,4-7H2,1-3H3,(H,12,13). The number of hydrogen-bond donors (Lipinski definition) is 1. The summed E-state index contributed by atoms with van der Waals surface area (Å²) in [5, 5.41) is 2.49. The smallest absolute Gasteiger partial charge is 0.328 e. The Kier molecular flexibility index (Phi) is 7.75. The second-order valence-corrected chi connectivity index (χ2v) is 3.47. The molecular weight excluding hydrogens is 226 g/mol. The van der Waals surface area contributed by atoms with E-state index in [0.29, 0.717) is 6.42 Å². The van der Waals surface area contributed by atoms with Crippen LogP contribution in [0.3, 0.4) is 0 Å². The Bertz CT molecular complexity index is 277. The summed E-state index contributed by atoms with van der Waals surface area (Å²) in [7, 11) is 1.30. The molecule has 0 aromatic carbocycles. The van der Waals surface area contributed by atoms with Crippen molar-refractivity contribution in [1.82, 2.24) is 5.32 Å². The molecular formula is C11H19NO5. The molecule has 0 aliphatic carbocycles. The van der Waals surface area contributed by atoms with Crippen LogP contribution >= 0.6 is 0 Å². The van der Waals surface area contributed by atoms with E-state index in [9.17, 15) is 14.4 Å². The highest BCUT2D eigenvalue weighted by atomic mass is 16.5. The zero-order valence-electron chi connectivity index (χ0n) is 10.4. The number of nitrogens with one attached hydrogen (secondary N) is 1. The first kappa shape index (κ1) is 15.4. The highest BCUT2D eigenvalue weighted by Crippen LogP contribution is 1.98. The van der Waals surface area contributed by atoms with Crippen molar-refractivity contribution in [1.29, 1.82) is 0 Å². The van der Waals surface area contributed by atoms with Gasteiger partial charge in [-0.3, -0.25) is 9.59 Å². The molecule has 0 fully saturated rings. The Morgan fingerprint density at radius 3 is 2.41 bits per heavy atom. The van der Waals surface area contributed by atoms with Gasteiger partial charge in [0, 0.05) is 12.8 Å². The number of rotatable bonds is 7. The highest BCUT2D eigenvalue weighted by molar-refractivity contribution is 5.84. The zero-order chi connectivity index (χ0) is 13.3. The molecule has 0 aliphatic heterocycles. The maximum Gasteiger partial charge on any atom is 0.328 e. The van der Waals surface area contributed by atoms with Crippen LogP contribution in [0.1, 0.15) is 33.1 Å². The quantitative estimate of drug-likeness (QED) is 0.656. The predicted octanol–water partition coefficient (Wildman–Crippen LogP) is 0.397. The normalized spacial score (nSPS) is 11.5. The van der Waals surface area contributed by atoms with Gasteiger partial charge >= 0.3 is 11.9 Å². The van der Waals surface area contributed by atoms with Crippen LogP contribution in [-0.2, 0) is 23.9 Å². The van der Waals surface area contributed by atoms with Crippen LogP contribution in [0, 0.1) is 0 Å². The summed E-state index contributed by atoms with van der Waals surface area (Å²) < 4.78 is 9.18. The van der Waals surface area contributed by atoms with E-state index >= 15 is 0 Å². The van der Waals surface area contributed by atoms with Crippen molar-refractivity contribution < 1.29 is 23.9 Å². The van der Waals surface area contributed by atoms with E-state index in [1.54, 1.807) is 13.8 Å². The van der Waals surface area contributed by atoms with E-state index < -0.39 is 12.0 Å². The van der Waals surface area contributed by atoms with E-state index in [0.717, 1.165) is 0 Å². The summed E-state index contributed by atoms with van der Waals surface area (Å²) in [6.07, 6.45) is 0.768. The fourth-order valence-electron chi connectivity index (χ4n) is 1.14. The number of amides is 1. The van der Waals surface area contributed by atoms with Crippen molar-refractivity contribution >= 4 is 17.8 Å². The van der Waals surface area contributed by atoms with Crippen molar-refractivity contribution in [3.63, 3.8) is 0 Å². The maximum absolute atomic E-state index is 11.4. The monoisotopic (exact) mass is 245 g/mol. The third-order valence-electron chi connectivity index (χ3n) is 2.03. The highest BCUT2D eigenvalue weighted by Gasteiger charge is 2.16. The van der Waals surface area contributed by atoms with Gasteiger partial charge in [0.2, 0.25) is 5.91 Å². The van der Waals surface area contributed by atoms with Gasteiger partial charge in [-0.05, 0) is 20.3 Å².